The monoisotopic (exact) mass is 425 g/mol. The highest BCUT2D eigenvalue weighted by molar-refractivity contribution is 9.10. The van der Waals surface area contributed by atoms with Crippen LogP contribution in [0.2, 0.25) is 5.02 Å². The summed E-state index contributed by atoms with van der Waals surface area (Å²) in [5.41, 5.74) is 0.412. The Hall–Kier alpha value is -1.53. The summed E-state index contributed by atoms with van der Waals surface area (Å²) in [4.78, 5) is 12.4. The Morgan fingerprint density at radius 3 is 2.76 bits per heavy atom. The van der Waals surface area contributed by atoms with Crippen LogP contribution in [0.15, 0.2) is 34.9 Å². The minimum absolute atomic E-state index is 0.118. The second-order valence-corrected chi connectivity index (χ2v) is 7.57. The average Bonchev–Trinajstić information content (AvgIpc) is 2.92. The topological polar surface area (TPSA) is 56.2 Å². The van der Waals surface area contributed by atoms with E-state index in [1.165, 1.54) is 25.7 Å². The normalized spacial score (nSPS) is 15.6. The molecular formula is C18H21BrClN3O2. The third kappa shape index (κ3) is 5.22. The lowest BCUT2D eigenvalue weighted by Crippen LogP contribution is -2.34. The molecule has 0 spiro atoms. The zero-order chi connectivity index (χ0) is 17.6. The number of hydrogen-bond donors (Lipinski definition) is 1. The first-order valence-corrected chi connectivity index (χ1v) is 9.71. The predicted molar refractivity (Wildman–Crippen MR) is 101 cm³/mol. The fourth-order valence-electron chi connectivity index (χ4n) is 2.97. The van der Waals surface area contributed by atoms with Gasteiger partial charge in [0.1, 0.15) is 11.4 Å². The molecule has 0 aliphatic heterocycles. The van der Waals surface area contributed by atoms with E-state index in [0.29, 0.717) is 16.5 Å². The van der Waals surface area contributed by atoms with E-state index in [2.05, 4.69) is 26.3 Å². The molecule has 0 bridgehead atoms. The van der Waals surface area contributed by atoms with Crippen LogP contribution in [0.5, 0.6) is 5.75 Å². The fourth-order valence-corrected chi connectivity index (χ4v) is 3.69. The highest BCUT2D eigenvalue weighted by Crippen LogP contribution is 2.27. The van der Waals surface area contributed by atoms with Crippen LogP contribution in [0.1, 0.15) is 49.0 Å². The standard InChI is InChI=1S/C18H21BrClN3O2/c19-13-7-8-17(15(20)11-13)25-12-23-10-9-16(22-23)18(24)21-14-5-3-1-2-4-6-14/h7-11,14H,1-6,12H2,(H,21,24). The van der Waals surface area contributed by atoms with E-state index in [-0.39, 0.29) is 18.7 Å². The molecule has 0 atom stereocenters. The summed E-state index contributed by atoms with van der Waals surface area (Å²) in [6, 6.07) is 7.38. The van der Waals surface area contributed by atoms with Gasteiger partial charge in [0, 0.05) is 16.7 Å². The molecule has 1 heterocycles. The van der Waals surface area contributed by atoms with E-state index in [4.69, 9.17) is 16.3 Å². The van der Waals surface area contributed by atoms with Crippen LogP contribution in [0.25, 0.3) is 0 Å². The Morgan fingerprint density at radius 2 is 2.04 bits per heavy atom. The molecule has 7 heteroatoms. The number of benzene rings is 1. The van der Waals surface area contributed by atoms with E-state index in [1.807, 2.05) is 6.07 Å². The smallest absolute Gasteiger partial charge is 0.271 e. The van der Waals surface area contributed by atoms with Crippen molar-refractivity contribution in [1.82, 2.24) is 15.1 Å². The Balaban J connectivity index is 1.55. The van der Waals surface area contributed by atoms with Crippen molar-refractivity contribution in [3.8, 4) is 5.75 Å². The molecule has 1 aliphatic carbocycles. The molecule has 1 fully saturated rings. The Bertz CT molecular complexity index is 727. The summed E-state index contributed by atoms with van der Waals surface area (Å²) >= 11 is 9.48. The summed E-state index contributed by atoms with van der Waals surface area (Å²) in [6.07, 6.45) is 8.72. The van der Waals surface area contributed by atoms with Crippen LogP contribution < -0.4 is 10.1 Å². The summed E-state index contributed by atoms with van der Waals surface area (Å²) in [5, 5.41) is 7.91. The van der Waals surface area contributed by atoms with Gasteiger partial charge in [-0.1, -0.05) is 53.2 Å². The van der Waals surface area contributed by atoms with Crippen LogP contribution in [-0.4, -0.2) is 21.7 Å². The second kappa shape index (κ2) is 8.72. The molecule has 1 amide bonds. The first-order chi connectivity index (χ1) is 12.1. The van der Waals surface area contributed by atoms with Gasteiger partial charge < -0.3 is 10.1 Å². The van der Waals surface area contributed by atoms with Crippen molar-refractivity contribution < 1.29 is 9.53 Å². The van der Waals surface area contributed by atoms with Gasteiger partial charge in [-0.25, -0.2) is 4.68 Å². The molecule has 1 aromatic heterocycles. The second-order valence-electron chi connectivity index (χ2n) is 6.25. The van der Waals surface area contributed by atoms with Gasteiger partial charge in [0.15, 0.2) is 6.73 Å². The van der Waals surface area contributed by atoms with Crippen molar-refractivity contribution in [2.24, 2.45) is 0 Å². The molecule has 3 rings (SSSR count). The lowest BCUT2D eigenvalue weighted by atomic mass is 10.1. The van der Waals surface area contributed by atoms with Gasteiger partial charge in [-0.15, -0.1) is 0 Å². The number of nitrogens with zero attached hydrogens (tertiary/aromatic N) is 2. The Labute approximate surface area is 160 Å². The van der Waals surface area contributed by atoms with E-state index >= 15 is 0 Å². The van der Waals surface area contributed by atoms with Crippen molar-refractivity contribution >= 4 is 33.4 Å². The number of ether oxygens (including phenoxy) is 1. The number of nitrogens with one attached hydrogen (secondary N) is 1. The minimum atomic E-state index is -0.118. The number of aromatic nitrogens is 2. The maximum absolute atomic E-state index is 12.4. The maximum atomic E-state index is 12.4. The van der Waals surface area contributed by atoms with Crippen molar-refractivity contribution in [3.05, 3.63) is 45.7 Å². The Kier molecular flexibility index (Phi) is 6.37. The molecular weight excluding hydrogens is 406 g/mol. The van der Waals surface area contributed by atoms with Gasteiger partial charge in [0.2, 0.25) is 0 Å². The van der Waals surface area contributed by atoms with Gasteiger partial charge >= 0.3 is 0 Å². The van der Waals surface area contributed by atoms with Crippen LogP contribution in [0.3, 0.4) is 0 Å². The maximum Gasteiger partial charge on any atom is 0.271 e. The summed E-state index contributed by atoms with van der Waals surface area (Å²) < 4.78 is 8.13. The molecule has 1 saturated carbocycles. The van der Waals surface area contributed by atoms with Gasteiger partial charge in [0.05, 0.1) is 5.02 Å². The lowest BCUT2D eigenvalue weighted by Gasteiger charge is -2.15. The average molecular weight is 427 g/mol. The Morgan fingerprint density at radius 1 is 1.28 bits per heavy atom. The SMILES string of the molecule is O=C(NC1CCCCCC1)c1ccn(COc2ccc(Br)cc2Cl)n1. The highest BCUT2D eigenvalue weighted by atomic mass is 79.9. The summed E-state index contributed by atoms with van der Waals surface area (Å²) in [5.74, 6) is 0.456. The molecule has 25 heavy (non-hydrogen) atoms. The molecule has 1 N–H and O–H groups in total. The lowest BCUT2D eigenvalue weighted by molar-refractivity contribution is 0.0926. The van der Waals surface area contributed by atoms with Crippen LogP contribution in [0.4, 0.5) is 0 Å². The van der Waals surface area contributed by atoms with E-state index in [9.17, 15) is 4.79 Å². The van der Waals surface area contributed by atoms with Gasteiger partial charge in [-0.05, 0) is 37.1 Å². The van der Waals surface area contributed by atoms with E-state index in [0.717, 1.165) is 17.3 Å². The molecule has 0 saturated heterocycles. The van der Waals surface area contributed by atoms with E-state index in [1.54, 1.807) is 29.1 Å². The van der Waals surface area contributed by atoms with Crippen molar-refractivity contribution in [1.29, 1.82) is 0 Å². The van der Waals surface area contributed by atoms with Gasteiger partial charge in [-0.3, -0.25) is 4.79 Å². The van der Waals surface area contributed by atoms with Crippen LogP contribution in [-0.2, 0) is 6.73 Å². The van der Waals surface area contributed by atoms with Crippen LogP contribution in [0, 0.1) is 0 Å². The predicted octanol–water partition coefficient (Wildman–Crippen LogP) is 4.79. The first-order valence-electron chi connectivity index (χ1n) is 8.54. The molecule has 0 radical (unpaired) electrons. The first kappa shape index (κ1) is 18.3. The van der Waals surface area contributed by atoms with Crippen molar-refractivity contribution in [2.45, 2.75) is 51.3 Å². The number of rotatable bonds is 5. The van der Waals surface area contributed by atoms with Crippen LogP contribution >= 0.6 is 27.5 Å². The minimum Gasteiger partial charge on any atom is -0.470 e. The number of hydrogen-bond acceptors (Lipinski definition) is 3. The summed E-state index contributed by atoms with van der Waals surface area (Å²) in [6.45, 7) is 0.193. The molecule has 2 aromatic rings. The largest absolute Gasteiger partial charge is 0.470 e. The highest BCUT2D eigenvalue weighted by Gasteiger charge is 2.17. The zero-order valence-corrected chi connectivity index (χ0v) is 16.2. The molecule has 134 valence electrons. The van der Waals surface area contributed by atoms with Gasteiger partial charge in [0.25, 0.3) is 5.91 Å². The van der Waals surface area contributed by atoms with Crippen molar-refractivity contribution in [3.63, 3.8) is 0 Å². The number of amides is 1. The van der Waals surface area contributed by atoms with Crippen molar-refractivity contribution in [2.75, 3.05) is 0 Å². The third-order valence-electron chi connectivity index (χ3n) is 4.31. The molecule has 0 unspecified atom stereocenters. The number of carbonyl (C=O) groups excluding carboxylic acids is 1. The number of carbonyl (C=O) groups is 1. The third-order valence-corrected chi connectivity index (χ3v) is 5.10. The quantitative estimate of drug-likeness (QED) is 0.700. The van der Waals surface area contributed by atoms with E-state index < -0.39 is 0 Å². The molecule has 1 aliphatic rings. The molecule has 1 aromatic carbocycles. The van der Waals surface area contributed by atoms with Gasteiger partial charge in [-0.2, -0.15) is 5.10 Å². The fraction of sp³-hybridized carbons (Fsp3) is 0.444. The summed E-state index contributed by atoms with van der Waals surface area (Å²) in [7, 11) is 0. The number of halogens is 2. The molecule has 5 nitrogen and oxygen atoms in total. The zero-order valence-electron chi connectivity index (χ0n) is 13.9.